The van der Waals surface area contributed by atoms with Gasteiger partial charge in [0.1, 0.15) is 5.01 Å². The number of thiol groups is 1. The van der Waals surface area contributed by atoms with Crippen LogP contribution in [0.4, 0.5) is 0 Å². The molecule has 0 N–H and O–H groups in total. The van der Waals surface area contributed by atoms with Crippen molar-refractivity contribution in [1.29, 1.82) is 0 Å². The third-order valence-corrected chi connectivity index (χ3v) is 5.72. The molecule has 1 heterocycles. The Labute approximate surface area is 130 Å². The smallest absolute Gasteiger partial charge is 0.125 e. The van der Waals surface area contributed by atoms with Gasteiger partial charge in [-0.1, -0.05) is 36.9 Å². The predicted molar refractivity (Wildman–Crippen MR) is 93.5 cm³/mol. The molecule has 0 unspecified atom stereocenters. The molecule has 4 heteroatoms. The summed E-state index contributed by atoms with van der Waals surface area (Å²) in [7, 11) is -0.264. The highest BCUT2D eigenvalue weighted by Gasteiger charge is 2.10. The molecule has 0 atom stereocenters. The fourth-order valence-electron chi connectivity index (χ4n) is 2.26. The second-order valence-electron chi connectivity index (χ2n) is 5.22. The lowest BCUT2D eigenvalue weighted by atomic mass is 10.1. The highest BCUT2D eigenvalue weighted by atomic mass is 32.1. The highest BCUT2D eigenvalue weighted by Crippen LogP contribution is 2.34. The van der Waals surface area contributed by atoms with E-state index in [1.807, 2.05) is 6.07 Å². The van der Waals surface area contributed by atoms with Gasteiger partial charge in [-0.15, -0.1) is 24.0 Å². The van der Waals surface area contributed by atoms with Gasteiger partial charge >= 0.3 is 0 Å². The molecule has 0 fully saturated rings. The van der Waals surface area contributed by atoms with Crippen molar-refractivity contribution in [2.45, 2.75) is 24.0 Å². The summed E-state index contributed by atoms with van der Waals surface area (Å²) < 4.78 is 1.23. The average Bonchev–Trinajstić information content (AvgIpc) is 2.84. The maximum atomic E-state index is 4.74. The first-order valence-corrected chi connectivity index (χ1v) is 10.6. The summed E-state index contributed by atoms with van der Waals surface area (Å²) in [5.41, 5.74) is 3.63. The quantitative estimate of drug-likeness (QED) is 0.525. The number of rotatable bonds is 3. The number of hydrogen-bond acceptors (Lipinski definition) is 3. The van der Waals surface area contributed by atoms with Crippen LogP contribution in [0.1, 0.15) is 5.56 Å². The summed E-state index contributed by atoms with van der Waals surface area (Å²) in [5.74, 6) is 0. The monoisotopic (exact) mass is 314 g/mol. The van der Waals surface area contributed by atoms with Crippen LogP contribution in [0.5, 0.6) is 0 Å². The van der Waals surface area contributed by atoms with Crippen LogP contribution in [0.25, 0.3) is 20.8 Å². The fraction of sp³-hybridized carbons (Fsp3) is 0.188. The Hall–Kier alpha value is -1.10. The Bertz CT molecular complexity index is 716. The lowest BCUT2D eigenvalue weighted by molar-refractivity contribution is 1.30. The molecule has 20 heavy (non-hydrogen) atoms. The normalized spacial score (nSPS) is 11.4. The number of nitrogens with zero attached hydrogens (tertiary/aromatic N) is 1. The second-order valence-corrected chi connectivity index (χ2v) is 9.50. The standard InChI is InChI=1S/C16H16NS2Si/c1-20(2)10-11-7-8-14(18)12(9-11)16-17-13-5-3-4-6-15(13)19-16/h3-9,18H,10H2,1-2H3. The first-order valence-electron chi connectivity index (χ1n) is 6.60. The van der Waals surface area contributed by atoms with E-state index in [1.54, 1.807) is 11.3 Å². The van der Waals surface area contributed by atoms with Crippen LogP contribution in [-0.4, -0.2) is 13.8 Å². The van der Waals surface area contributed by atoms with E-state index in [-0.39, 0.29) is 8.80 Å². The van der Waals surface area contributed by atoms with Crippen LogP contribution in [0, 0.1) is 0 Å². The average molecular weight is 315 g/mol. The molecule has 3 aromatic rings. The molecular formula is C16H16NS2Si. The third-order valence-electron chi connectivity index (χ3n) is 3.14. The number of hydrogen-bond donors (Lipinski definition) is 1. The van der Waals surface area contributed by atoms with E-state index < -0.39 is 0 Å². The van der Waals surface area contributed by atoms with Crippen molar-refractivity contribution in [1.82, 2.24) is 4.98 Å². The molecule has 1 radical (unpaired) electrons. The minimum atomic E-state index is -0.264. The topological polar surface area (TPSA) is 12.9 Å². The number of thiazole rings is 1. The lowest BCUT2D eigenvalue weighted by Crippen LogP contribution is -2.05. The van der Waals surface area contributed by atoms with Gasteiger partial charge in [-0.25, -0.2) is 4.98 Å². The van der Waals surface area contributed by atoms with Crippen molar-refractivity contribution in [3.8, 4) is 10.6 Å². The first-order chi connectivity index (χ1) is 9.63. The van der Waals surface area contributed by atoms with Crippen molar-refractivity contribution in [3.05, 3.63) is 48.0 Å². The zero-order valence-corrected chi connectivity index (χ0v) is 14.3. The van der Waals surface area contributed by atoms with Crippen LogP contribution in [-0.2, 0) is 6.04 Å². The van der Waals surface area contributed by atoms with Gasteiger partial charge in [0.2, 0.25) is 0 Å². The van der Waals surface area contributed by atoms with E-state index in [2.05, 4.69) is 62.1 Å². The Morgan fingerprint density at radius 1 is 1.15 bits per heavy atom. The van der Waals surface area contributed by atoms with Gasteiger partial charge < -0.3 is 0 Å². The number of benzene rings is 2. The lowest BCUT2D eigenvalue weighted by Gasteiger charge is -2.07. The Balaban J connectivity index is 2.07. The van der Waals surface area contributed by atoms with Gasteiger partial charge in [0.05, 0.1) is 10.2 Å². The summed E-state index contributed by atoms with van der Waals surface area (Å²) >= 11 is 6.34. The van der Waals surface area contributed by atoms with Gasteiger partial charge in [-0.05, 0) is 30.3 Å². The molecule has 0 saturated heterocycles. The molecule has 2 aromatic carbocycles. The van der Waals surface area contributed by atoms with Gasteiger partial charge in [-0.3, -0.25) is 0 Å². The zero-order chi connectivity index (χ0) is 14.1. The Kier molecular flexibility index (Phi) is 3.96. The van der Waals surface area contributed by atoms with E-state index in [1.165, 1.54) is 16.3 Å². The van der Waals surface area contributed by atoms with E-state index >= 15 is 0 Å². The summed E-state index contributed by atoms with van der Waals surface area (Å²) in [6.45, 7) is 4.69. The molecule has 1 aromatic heterocycles. The third kappa shape index (κ3) is 2.82. The van der Waals surface area contributed by atoms with Crippen molar-refractivity contribution in [2.24, 2.45) is 0 Å². The Morgan fingerprint density at radius 3 is 2.70 bits per heavy atom. The minimum absolute atomic E-state index is 0.264. The van der Waals surface area contributed by atoms with Gasteiger partial charge in [-0.2, -0.15) is 0 Å². The number of fused-ring (bicyclic) bond motifs is 1. The summed E-state index contributed by atoms with van der Waals surface area (Å²) in [6.07, 6.45) is 0. The van der Waals surface area contributed by atoms with Crippen LogP contribution < -0.4 is 0 Å². The largest absolute Gasteiger partial charge is 0.236 e. The van der Waals surface area contributed by atoms with Gasteiger partial charge in [0, 0.05) is 19.3 Å². The van der Waals surface area contributed by atoms with E-state index in [0.717, 1.165) is 21.0 Å². The molecule has 0 amide bonds. The molecule has 101 valence electrons. The van der Waals surface area contributed by atoms with Gasteiger partial charge in [0.25, 0.3) is 0 Å². The number of para-hydroxylation sites is 1. The first kappa shape index (κ1) is 13.9. The van der Waals surface area contributed by atoms with Crippen LogP contribution in [0.15, 0.2) is 47.4 Å². The summed E-state index contributed by atoms with van der Waals surface area (Å²) in [4.78, 5) is 5.75. The number of aromatic nitrogens is 1. The minimum Gasteiger partial charge on any atom is -0.236 e. The maximum Gasteiger partial charge on any atom is 0.125 e. The van der Waals surface area contributed by atoms with Crippen molar-refractivity contribution < 1.29 is 0 Å². The molecule has 1 nitrogen and oxygen atoms in total. The molecule has 0 saturated carbocycles. The maximum absolute atomic E-state index is 4.74. The molecule has 0 bridgehead atoms. The molecular weight excluding hydrogens is 298 g/mol. The molecule has 3 rings (SSSR count). The highest BCUT2D eigenvalue weighted by molar-refractivity contribution is 7.80. The fourth-order valence-corrected chi connectivity index (χ4v) is 4.61. The second kappa shape index (κ2) is 5.72. The van der Waals surface area contributed by atoms with Crippen LogP contribution >= 0.6 is 24.0 Å². The Morgan fingerprint density at radius 2 is 1.95 bits per heavy atom. The van der Waals surface area contributed by atoms with E-state index in [9.17, 15) is 0 Å². The SMILES string of the molecule is C[Si](C)Cc1ccc(S)c(-c2nc3ccccc3s2)c1. The van der Waals surface area contributed by atoms with Crippen LogP contribution in [0.3, 0.4) is 0 Å². The van der Waals surface area contributed by atoms with Crippen molar-refractivity contribution in [3.63, 3.8) is 0 Å². The van der Waals surface area contributed by atoms with E-state index in [4.69, 9.17) is 4.98 Å². The summed E-state index contributed by atoms with van der Waals surface area (Å²) in [5, 5.41) is 1.07. The molecule has 0 aliphatic carbocycles. The van der Waals surface area contributed by atoms with Crippen molar-refractivity contribution in [2.75, 3.05) is 0 Å². The molecule has 0 aliphatic rings. The predicted octanol–water partition coefficient (Wildman–Crippen LogP) is 5.09. The van der Waals surface area contributed by atoms with Gasteiger partial charge in [0.15, 0.2) is 0 Å². The zero-order valence-electron chi connectivity index (χ0n) is 11.6. The van der Waals surface area contributed by atoms with E-state index in [0.29, 0.717) is 0 Å². The van der Waals surface area contributed by atoms with Crippen molar-refractivity contribution >= 4 is 43.0 Å². The molecule has 0 spiro atoms. The van der Waals surface area contributed by atoms with Crippen LogP contribution in [0.2, 0.25) is 13.1 Å². The molecule has 0 aliphatic heterocycles. The summed E-state index contributed by atoms with van der Waals surface area (Å²) in [6, 6.07) is 16.0.